The van der Waals surface area contributed by atoms with Gasteiger partial charge in [-0.15, -0.1) is 0 Å². The van der Waals surface area contributed by atoms with E-state index in [1.54, 1.807) is 12.3 Å². The van der Waals surface area contributed by atoms with Crippen LogP contribution in [0.5, 0.6) is 0 Å². The summed E-state index contributed by atoms with van der Waals surface area (Å²) in [6.45, 7) is 1.40. The number of likely N-dealkylation sites (N-methyl/N-ethyl adjacent to an activating group) is 1. The van der Waals surface area contributed by atoms with Crippen molar-refractivity contribution < 1.29 is 4.79 Å². The van der Waals surface area contributed by atoms with Crippen LogP contribution >= 0.6 is 0 Å². The summed E-state index contributed by atoms with van der Waals surface area (Å²) in [4.78, 5) is 20.3. The normalized spacial score (nSPS) is 10.5. The van der Waals surface area contributed by atoms with Crippen LogP contribution in [-0.2, 0) is 0 Å². The minimum atomic E-state index is -0.148. The standard InChI is InChI=1S/C17H22N4O/c1-20(2)12-11-19-17(22)16-13-15(9-10-18-16)21(3)14-7-5-4-6-8-14/h4-10,13H,11-12H2,1-3H3,(H,19,22). The maximum Gasteiger partial charge on any atom is 0.269 e. The molecule has 2 rings (SSSR count). The summed E-state index contributed by atoms with van der Waals surface area (Å²) in [5.74, 6) is -0.148. The number of hydrogen-bond acceptors (Lipinski definition) is 4. The Bertz CT molecular complexity index is 613. The van der Waals surface area contributed by atoms with E-state index < -0.39 is 0 Å². The molecule has 0 radical (unpaired) electrons. The summed E-state index contributed by atoms with van der Waals surface area (Å²) in [6, 6.07) is 13.7. The molecule has 0 saturated heterocycles. The number of rotatable bonds is 6. The second-order valence-corrected chi connectivity index (χ2v) is 5.35. The van der Waals surface area contributed by atoms with E-state index in [0.29, 0.717) is 12.2 Å². The Morgan fingerprint density at radius 2 is 1.82 bits per heavy atom. The first-order valence-electron chi connectivity index (χ1n) is 7.25. The molecule has 2 aromatic rings. The SMILES string of the molecule is CN(C)CCNC(=O)c1cc(N(C)c2ccccc2)ccn1. The first-order valence-corrected chi connectivity index (χ1v) is 7.25. The van der Waals surface area contributed by atoms with Crippen molar-refractivity contribution in [2.45, 2.75) is 0 Å². The predicted octanol–water partition coefficient (Wildman–Crippen LogP) is 2.14. The van der Waals surface area contributed by atoms with Crippen LogP contribution in [0.15, 0.2) is 48.7 Å². The summed E-state index contributed by atoms with van der Waals surface area (Å²) in [5.41, 5.74) is 2.42. The third-order valence-corrected chi connectivity index (χ3v) is 3.35. The lowest BCUT2D eigenvalue weighted by Gasteiger charge is -2.19. The first-order chi connectivity index (χ1) is 10.6. The molecule has 0 aliphatic heterocycles. The average Bonchev–Trinajstić information content (AvgIpc) is 2.54. The Morgan fingerprint density at radius 3 is 2.50 bits per heavy atom. The Balaban J connectivity index is 2.08. The molecule has 1 heterocycles. The number of hydrogen-bond donors (Lipinski definition) is 1. The lowest BCUT2D eigenvalue weighted by atomic mass is 10.2. The van der Waals surface area contributed by atoms with Gasteiger partial charge in [-0.25, -0.2) is 0 Å². The fraction of sp³-hybridized carbons (Fsp3) is 0.294. The molecule has 22 heavy (non-hydrogen) atoms. The molecule has 1 aromatic carbocycles. The third kappa shape index (κ3) is 4.30. The highest BCUT2D eigenvalue weighted by molar-refractivity contribution is 5.93. The van der Waals surface area contributed by atoms with Crippen LogP contribution in [0.1, 0.15) is 10.5 Å². The zero-order valence-electron chi connectivity index (χ0n) is 13.3. The van der Waals surface area contributed by atoms with Gasteiger partial charge in [-0.2, -0.15) is 0 Å². The van der Waals surface area contributed by atoms with Gasteiger partial charge < -0.3 is 15.1 Å². The minimum Gasteiger partial charge on any atom is -0.349 e. The minimum absolute atomic E-state index is 0.148. The van der Waals surface area contributed by atoms with Gasteiger partial charge in [-0.3, -0.25) is 9.78 Å². The molecule has 1 aromatic heterocycles. The number of carbonyl (C=O) groups excluding carboxylic acids is 1. The maximum absolute atomic E-state index is 12.1. The van der Waals surface area contributed by atoms with Gasteiger partial charge in [0, 0.05) is 37.7 Å². The zero-order valence-corrected chi connectivity index (χ0v) is 13.3. The lowest BCUT2D eigenvalue weighted by Crippen LogP contribution is -2.31. The molecule has 5 nitrogen and oxygen atoms in total. The van der Waals surface area contributed by atoms with Crippen molar-refractivity contribution in [3.63, 3.8) is 0 Å². The molecule has 1 amide bonds. The van der Waals surface area contributed by atoms with Crippen molar-refractivity contribution >= 4 is 17.3 Å². The molecular weight excluding hydrogens is 276 g/mol. The van der Waals surface area contributed by atoms with E-state index in [2.05, 4.69) is 10.3 Å². The summed E-state index contributed by atoms with van der Waals surface area (Å²) >= 11 is 0. The average molecular weight is 298 g/mol. The number of nitrogens with zero attached hydrogens (tertiary/aromatic N) is 3. The van der Waals surface area contributed by atoms with Crippen LogP contribution in [0, 0.1) is 0 Å². The van der Waals surface area contributed by atoms with Crippen molar-refractivity contribution in [1.29, 1.82) is 0 Å². The molecular formula is C17H22N4O. The molecule has 0 spiro atoms. The van der Waals surface area contributed by atoms with E-state index in [1.807, 2.05) is 67.3 Å². The fourth-order valence-corrected chi connectivity index (χ4v) is 2.04. The molecule has 0 aliphatic rings. The molecule has 0 unspecified atom stereocenters. The summed E-state index contributed by atoms with van der Waals surface area (Å²) in [6.07, 6.45) is 1.66. The van der Waals surface area contributed by atoms with E-state index in [4.69, 9.17) is 0 Å². The highest BCUT2D eigenvalue weighted by Crippen LogP contribution is 2.22. The molecule has 5 heteroatoms. The number of para-hydroxylation sites is 1. The molecule has 0 atom stereocenters. The second kappa shape index (κ2) is 7.56. The van der Waals surface area contributed by atoms with Crippen LogP contribution in [0.4, 0.5) is 11.4 Å². The van der Waals surface area contributed by atoms with Crippen LogP contribution in [0.2, 0.25) is 0 Å². The van der Waals surface area contributed by atoms with Crippen molar-refractivity contribution in [3.8, 4) is 0 Å². The third-order valence-electron chi connectivity index (χ3n) is 3.35. The highest BCUT2D eigenvalue weighted by atomic mass is 16.1. The molecule has 0 saturated carbocycles. The van der Waals surface area contributed by atoms with Gasteiger partial charge in [0.05, 0.1) is 0 Å². The molecule has 0 fully saturated rings. The first kappa shape index (κ1) is 16.0. The number of pyridine rings is 1. The zero-order chi connectivity index (χ0) is 15.9. The van der Waals surface area contributed by atoms with Crippen molar-refractivity contribution in [2.24, 2.45) is 0 Å². The predicted molar refractivity (Wildman–Crippen MR) is 89.6 cm³/mol. The molecule has 116 valence electrons. The largest absolute Gasteiger partial charge is 0.349 e. The van der Waals surface area contributed by atoms with Gasteiger partial charge in [0.15, 0.2) is 0 Å². The van der Waals surface area contributed by atoms with Gasteiger partial charge in [0.25, 0.3) is 5.91 Å². The van der Waals surface area contributed by atoms with Crippen molar-refractivity contribution in [2.75, 3.05) is 39.1 Å². The van der Waals surface area contributed by atoms with Gasteiger partial charge in [0.1, 0.15) is 5.69 Å². The fourth-order valence-electron chi connectivity index (χ4n) is 2.04. The van der Waals surface area contributed by atoms with Crippen LogP contribution in [-0.4, -0.2) is 50.0 Å². The van der Waals surface area contributed by atoms with Crippen LogP contribution in [0.25, 0.3) is 0 Å². The summed E-state index contributed by atoms with van der Waals surface area (Å²) in [5, 5.41) is 2.87. The molecule has 0 bridgehead atoms. The van der Waals surface area contributed by atoms with Crippen LogP contribution in [0.3, 0.4) is 0 Å². The number of aromatic nitrogens is 1. The Morgan fingerprint density at radius 1 is 1.09 bits per heavy atom. The Hall–Kier alpha value is -2.40. The Kier molecular flexibility index (Phi) is 5.49. The van der Waals surface area contributed by atoms with E-state index in [9.17, 15) is 4.79 Å². The van der Waals surface area contributed by atoms with E-state index in [-0.39, 0.29) is 5.91 Å². The smallest absolute Gasteiger partial charge is 0.269 e. The van der Waals surface area contributed by atoms with Gasteiger partial charge in [-0.1, -0.05) is 18.2 Å². The second-order valence-electron chi connectivity index (χ2n) is 5.35. The topological polar surface area (TPSA) is 48.5 Å². The maximum atomic E-state index is 12.1. The van der Waals surface area contributed by atoms with Gasteiger partial charge >= 0.3 is 0 Å². The highest BCUT2D eigenvalue weighted by Gasteiger charge is 2.10. The summed E-state index contributed by atoms with van der Waals surface area (Å²) < 4.78 is 0. The quantitative estimate of drug-likeness (QED) is 0.887. The number of amides is 1. The van der Waals surface area contributed by atoms with Crippen molar-refractivity contribution in [1.82, 2.24) is 15.2 Å². The monoisotopic (exact) mass is 298 g/mol. The van der Waals surface area contributed by atoms with Gasteiger partial charge in [0.2, 0.25) is 0 Å². The van der Waals surface area contributed by atoms with E-state index in [1.165, 1.54) is 0 Å². The molecule has 1 N–H and O–H groups in total. The number of anilines is 2. The number of carbonyl (C=O) groups is 1. The lowest BCUT2D eigenvalue weighted by molar-refractivity contribution is 0.0946. The van der Waals surface area contributed by atoms with Crippen molar-refractivity contribution in [3.05, 3.63) is 54.4 Å². The van der Waals surface area contributed by atoms with E-state index >= 15 is 0 Å². The van der Waals surface area contributed by atoms with E-state index in [0.717, 1.165) is 17.9 Å². The van der Waals surface area contributed by atoms with Gasteiger partial charge in [-0.05, 0) is 38.4 Å². The number of benzene rings is 1. The molecule has 0 aliphatic carbocycles. The summed E-state index contributed by atoms with van der Waals surface area (Å²) in [7, 11) is 5.91. The Labute approximate surface area is 131 Å². The number of nitrogens with one attached hydrogen (secondary N) is 1. The van der Waals surface area contributed by atoms with Crippen LogP contribution < -0.4 is 10.2 Å².